The Kier molecular flexibility index (Phi) is 7.17. The van der Waals surface area contributed by atoms with Crippen LogP contribution >= 0.6 is 0 Å². The second-order valence-corrected chi connectivity index (χ2v) is 7.20. The molecular formula is C23H28N2O5. The summed E-state index contributed by atoms with van der Waals surface area (Å²) in [5.41, 5.74) is 1.57. The highest BCUT2D eigenvalue weighted by atomic mass is 16.5. The summed E-state index contributed by atoms with van der Waals surface area (Å²) < 4.78 is 15.6. The standard InChI is InChI=1S/C23H28N2O5/c1-28-19-7-4-16(5-8-19)15-24-22(26)17-10-12-25(13-11-17)23(27)18-6-9-20(29-2)21(14-18)30-3/h4-9,14,17H,10-13,15H2,1-3H3,(H,24,26). The zero-order valence-electron chi connectivity index (χ0n) is 17.6. The van der Waals surface area contributed by atoms with Gasteiger partial charge in [-0.25, -0.2) is 0 Å². The Balaban J connectivity index is 1.51. The van der Waals surface area contributed by atoms with Gasteiger partial charge in [0.2, 0.25) is 5.91 Å². The molecule has 3 rings (SSSR count). The van der Waals surface area contributed by atoms with Gasteiger partial charge in [-0.05, 0) is 48.7 Å². The molecule has 0 atom stereocenters. The zero-order chi connectivity index (χ0) is 21.5. The minimum atomic E-state index is -0.0855. The van der Waals surface area contributed by atoms with E-state index < -0.39 is 0 Å². The highest BCUT2D eigenvalue weighted by molar-refractivity contribution is 5.95. The van der Waals surface area contributed by atoms with Crippen LogP contribution in [0.5, 0.6) is 17.2 Å². The van der Waals surface area contributed by atoms with Gasteiger partial charge in [0.05, 0.1) is 21.3 Å². The number of methoxy groups -OCH3 is 3. The fourth-order valence-corrected chi connectivity index (χ4v) is 3.57. The third-order valence-corrected chi connectivity index (χ3v) is 5.41. The number of rotatable bonds is 7. The molecule has 0 aliphatic carbocycles. The van der Waals surface area contributed by atoms with Crippen LogP contribution in [-0.4, -0.2) is 51.1 Å². The molecule has 0 saturated carbocycles. The maximum Gasteiger partial charge on any atom is 0.253 e. The third kappa shape index (κ3) is 5.03. The number of amides is 2. The third-order valence-electron chi connectivity index (χ3n) is 5.41. The summed E-state index contributed by atoms with van der Waals surface area (Å²) in [6.07, 6.45) is 1.29. The Hall–Kier alpha value is -3.22. The van der Waals surface area contributed by atoms with Crippen LogP contribution in [0.2, 0.25) is 0 Å². The summed E-state index contributed by atoms with van der Waals surface area (Å²) >= 11 is 0. The van der Waals surface area contributed by atoms with Gasteiger partial charge in [-0.2, -0.15) is 0 Å². The molecule has 1 saturated heterocycles. The second-order valence-electron chi connectivity index (χ2n) is 7.20. The van der Waals surface area contributed by atoms with Gasteiger partial charge in [-0.3, -0.25) is 9.59 Å². The van der Waals surface area contributed by atoms with Gasteiger partial charge in [0, 0.05) is 31.1 Å². The molecule has 0 radical (unpaired) electrons. The maximum atomic E-state index is 12.8. The predicted molar refractivity (Wildman–Crippen MR) is 113 cm³/mol. The summed E-state index contributed by atoms with van der Waals surface area (Å²) in [7, 11) is 4.73. The summed E-state index contributed by atoms with van der Waals surface area (Å²) in [6.45, 7) is 1.58. The lowest BCUT2D eigenvalue weighted by molar-refractivity contribution is -0.126. The molecule has 2 aromatic rings. The van der Waals surface area contributed by atoms with E-state index in [0.29, 0.717) is 49.5 Å². The van der Waals surface area contributed by atoms with E-state index in [-0.39, 0.29) is 17.7 Å². The largest absolute Gasteiger partial charge is 0.497 e. The molecule has 30 heavy (non-hydrogen) atoms. The summed E-state index contributed by atoms with van der Waals surface area (Å²) in [5, 5.41) is 3.00. The highest BCUT2D eigenvalue weighted by Gasteiger charge is 2.28. The molecule has 0 bridgehead atoms. The Morgan fingerprint density at radius 2 is 1.60 bits per heavy atom. The Morgan fingerprint density at radius 3 is 2.20 bits per heavy atom. The number of benzene rings is 2. The monoisotopic (exact) mass is 412 g/mol. The second kappa shape index (κ2) is 10.0. The minimum absolute atomic E-state index is 0.0315. The first-order valence-corrected chi connectivity index (χ1v) is 9.97. The van der Waals surface area contributed by atoms with Gasteiger partial charge in [0.15, 0.2) is 11.5 Å². The molecule has 1 N–H and O–H groups in total. The van der Waals surface area contributed by atoms with Crippen molar-refractivity contribution in [2.75, 3.05) is 34.4 Å². The van der Waals surface area contributed by atoms with Gasteiger partial charge < -0.3 is 24.4 Å². The van der Waals surface area contributed by atoms with Gasteiger partial charge in [0.25, 0.3) is 5.91 Å². The van der Waals surface area contributed by atoms with E-state index in [1.807, 2.05) is 24.3 Å². The first kappa shape index (κ1) is 21.5. The van der Waals surface area contributed by atoms with E-state index in [2.05, 4.69) is 5.32 Å². The van der Waals surface area contributed by atoms with Crippen LogP contribution in [0.3, 0.4) is 0 Å². The molecular weight excluding hydrogens is 384 g/mol. The van der Waals surface area contributed by atoms with Crippen molar-refractivity contribution >= 4 is 11.8 Å². The Bertz CT molecular complexity index is 874. The van der Waals surface area contributed by atoms with E-state index >= 15 is 0 Å². The van der Waals surface area contributed by atoms with E-state index in [4.69, 9.17) is 14.2 Å². The number of nitrogens with one attached hydrogen (secondary N) is 1. The van der Waals surface area contributed by atoms with Crippen LogP contribution in [-0.2, 0) is 11.3 Å². The molecule has 0 spiro atoms. The number of hydrogen-bond donors (Lipinski definition) is 1. The number of piperidine rings is 1. The van der Waals surface area contributed by atoms with Crippen molar-refractivity contribution in [3.05, 3.63) is 53.6 Å². The number of ether oxygens (including phenoxy) is 3. The molecule has 1 aliphatic heterocycles. The van der Waals surface area contributed by atoms with Crippen molar-refractivity contribution in [1.29, 1.82) is 0 Å². The van der Waals surface area contributed by atoms with Gasteiger partial charge >= 0.3 is 0 Å². The lowest BCUT2D eigenvalue weighted by atomic mass is 9.95. The number of hydrogen-bond acceptors (Lipinski definition) is 5. The fourth-order valence-electron chi connectivity index (χ4n) is 3.57. The van der Waals surface area contributed by atoms with Gasteiger partial charge in [0.1, 0.15) is 5.75 Å². The summed E-state index contributed by atoms with van der Waals surface area (Å²) in [5.74, 6) is 1.78. The van der Waals surface area contributed by atoms with Crippen molar-refractivity contribution in [1.82, 2.24) is 10.2 Å². The maximum absolute atomic E-state index is 12.8. The van der Waals surface area contributed by atoms with Crippen LogP contribution < -0.4 is 19.5 Å². The molecule has 0 unspecified atom stereocenters. The van der Waals surface area contributed by atoms with Crippen molar-refractivity contribution < 1.29 is 23.8 Å². The predicted octanol–water partition coefficient (Wildman–Crippen LogP) is 2.88. The summed E-state index contributed by atoms with van der Waals surface area (Å²) in [4.78, 5) is 27.1. The normalized spacial score (nSPS) is 14.2. The molecule has 1 heterocycles. The van der Waals surface area contributed by atoms with Crippen molar-refractivity contribution in [2.45, 2.75) is 19.4 Å². The van der Waals surface area contributed by atoms with E-state index in [9.17, 15) is 9.59 Å². The zero-order valence-corrected chi connectivity index (χ0v) is 17.6. The topological polar surface area (TPSA) is 77.1 Å². The quantitative estimate of drug-likeness (QED) is 0.757. The SMILES string of the molecule is COc1ccc(CNC(=O)C2CCN(C(=O)c3ccc(OC)c(OC)c3)CC2)cc1. The first-order chi connectivity index (χ1) is 14.5. The lowest BCUT2D eigenvalue weighted by Crippen LogP contribution is -2.42. The van der Waals surface area contributed by atoms with Crippen LogP contribution in [0.15, 0.2) is 42.5 Å². The van der Waals surface area contributed by atoms with Crippen LogP contribution in [0.4, 0.5) is 0 Å². The number of carbonyl (C=O) groups excluding carboxylic acids is 2. The molecule has 1 aliphatic rings. The smallest absolute Gasteiger partial charge is 0.253 e. The number of likely N-dealkylation sites (tertiary alicyclic amines) is 1. The number of carbonyl (C=O) groups is 2. The molecule has 7 heteroatoms. The first-order valence-electron chi connectivity index (χ1n) is 9.97. The van der Waals surface area contributed by atoms with Crippen molar-refractivity contribution in [3.8, 4) is 17.2 Å². The average Bonchev–Trinajstić information content (AvgIpc) is 2.82. The molecule has 2 amide bonds. The average molecular weight is 412 g/mol. The minimum Gasteiger partial charge on any atom is -0.497 e. The van der Waals surface area contributed by atoms with Gasteiger partial charge in [-0.15, -0.1) is 0 Å². The van der Waals surface area contributed by atoms with Crippen LogP contribution in [0.25, 0.3) is 0 Å². The fraction of sp³-hybridized carbons (Fsp3) is 0.391. The molecule has 7 nitrogen and oxygen atoms in total. The van der Waals surface area contributed by atoms with Crippen molar-refractivity contribution in [3.63, 3.8) is 0 Å². The Labute approximate surface area is 176 Å². The molecule has 1 fully saturated rings. The molecule has 160 valence electrons. The van der Waals surface area contributed by atoms with Crippen molar-refractivity contribution in [2.24, 2.45) is 5.92 Å². The summed E-state index contributed by atoms with van der Waals surface area (Å²) in [6, 6.07) is 12.8. The van der Waals surface area contributed by atoms with Crippen LogP contribution in [0, 0.1) is 5.92 Å². The van der Waals surface area contributed by atoms with E-state index in [1.54, 1.807) is 44.4 Å². The lowest BCUT2D eigenvalue weighted by Gasteiger charge is -2.31. The molecule has 2 aromatic carbocycles. The molecule has 0 aromatic heterocycles. The Morgan fingerprint density at radius 1 is 0.933 bits per heavy atom. The van der Waals surface area contributed by atoms with E-state index in [1.165, 1.54) is 0 Å². The van der Waals surface area contributed by atoms with E-state index in [0.717, 1.165) is 11.3 Å². The van der Waals surface area contributed by atoms with Gasteiger partial charge in [-0.1, -0.05) is 12.1 Å². The number of nitrogens with zero attached hydrogens (tertiary/aromatic N) is 1. The van der Waals surface area contributed by atoms with Crippen LogP contribution in [0.1, 0.15) is 28.8 Å². The highest BCUT2D eigenvalue weighted by Crippen LogP contribution is 2.29.